The van der Waals surface area contributed by atoms with Crippen LogP contribution in [0.15, 0.2) is 39.0 Å². The van der Waals surface area contributed by atoms with Crippen LogP contribution in [0.5, 0.6) is 0 Å². The van der Waals surface area contributed by atoms with Gasteiger partial charge in [-0.25, -0.2) is 9.18 Å². The van der Waals surface area contributed by atoms with Crippen LogP contribution in [0.3, 0.4) is 0 Å². The third kappa shape index (κ3) is 4.48. The Bertz CT molecular complexity index is 1310. The van der Waals surface area contributed by atoms with Gasteiger partial charge in [-0.05, 0) is 58.1 Å². The van der Waals surface area contributed by atoms with Crippen molar-refractivity contribution in [3.05, 3.63) is 62.3 Å². The van der Waals surface area contributed by atoms with Gasteiger partial charge in [-0.1, -0.05) is 11.8 Å². The molecular weight excluding hydrogens is 449 g/mol. The molecule has 174 valence electrons. The van der Waals surface area contributed by atoms with Gasteiger partial charge < -0.3 is 5.73 Å². The fourth-order valence-electron chi connectivity index (χ4n) is 3.44. The van der Waals surface area contributed by atoms with Crippen LogP contribution in [0.2, 0.25) is 0 Å². The minimum absolute atomic E-state index is 0.0924. The Morgan fingerprint density at radius 1 is 1.27 bits per heavy atom. The van der Waals surface area contributed by atoms with Crippen molar-refractivity contribution in [2.45, 2.75) is 37.0 Å². The number of Topliss-reactive ketones (excluding diaryl/α,β-unsaturated/α-hetero) is 1. The fraction of sp³-hybridized carbons (Fsp3) is 0.381. The number of ketones is 1. The van der Waals surface area contributed by atoms with Gasteiger partial charge in [0.1, 0.15) is 17.2 Å². The number of aromatic amines is 1. The second kappa shape index (κ2) is 8.94. The van der Waals surface area contributed by atoms with E-state index in [0.29, 0.717) is 16.7 Å². The molecule has 2 aromatic heterocycles. The minimum atomic E-state index is -0.804. The quantitative estimate of drug-likeness (QED) is 0.374. The molecule has 3 aromatic rings. The van der Waals surface area contributed by atoms with E-state index in [2.05, 4.69) is 15.2 Å². The molecular formula is C21H24FN7O3S. The van der Waals surface area contributed by atoms with Gasteiger partial charge in [0.15, 0.2) is 16.8 Å². The normalized spacial score (nSPS) is 14.6. The van der Waals surface area contributed by atoms with E-state index in [-0.39, 0.29) is 35.0 Å². The zero-order chi connectivity index (χ0) is 23.9. The topological polar surface area (TPSA) is 132 Å². The number of H-pyrrole nitrogens is 1. The molecule has 0 amide bonds. The third-order valence-electron chi connectivity index (χ3n) is 5.60. The van der Waals surface area contributed by atoms with E-state index in [1.807, 2.05) is 25.9 Å². The van der Waals surface area contributed by atoms with Gasteiger partial charge in [-0.3, -0.25) is 28.6 Å². The molecule has 0 unspecified atom stereocenters. The molecule has 12 heteroatoms. The summed E-state index contributed by atoms with van der Waals surface area (Å²) in [5, 5.41) is 8.92. The van der Waals surface area contributed by atoms with Crippen LogP contribution < -0.4 is 17.0 Å². The maximum Gasteiger partial charge on any atom is 0.330 e. The van der Waals surface area contributed by atoms with Crippen LogP contribution in [0.4, 0.5) is 10.2 Å². The molecule has 0 saturated heterocycles. The first kappa shape index (κ1) is 22.9. The third-order valence-corrected chi connectivity index (χ3v) is 6.53. The summed E-state index contributed by atoms with van der Waals surface area (Å²) in [6.07, 6.45) is 1.54. The van der Waals surface area contributed by atoms with E-state index in [1.165, 1.54) is 16.7 Å². The molecule has 1 aliphatic carbocycles. The van der Waals surface area contributed by atoms with Crippen LogP contribution in [0.1, 0.15) is 48.0 Å². The van der Waals surface area contributed by atoms with Gasteiger partial charge in [-0.15, -0.1) is 10.2 Å². The lowest BCUT2D eigenvalue weighted by atomic mass is 10.2. The number of hydrogen-bond donors (Lipinski definition) is 2. The summed E-state index contributed by atoms with van der Waals surface area (Å²) < 4.78 is 16.5. The van der Waals surface area contributed by atoms with E-state index < -0.39 is 17.0 Å². The highest BCUT2D eigenvalue weighted by Gasteiger charge is 2.30. The highest BCUT2D eigenvalue weighted by atomic mass is 32.2. The molecule has 0 radical (unpaired) electrons. The average Bonchev–Trinajstić information content (AvgIpc) is 3.50. The molecule has 1 aliphatic rings. The number of anilines is 1. The Labute approximate surface area is 192 Å². The number of nitrogens with zero attached hydrogens (tertiary/aromatic N) is 5. The first-order valence-corrected chi connectivity index (χ1v) is 11.4. The second-order valence-corrected chi connectivity index (χ2v) is 9.07. The first-order chi connectivity index (χ1) is 15.7. The summed E-state index contributed by atoms with van der Waals surface area (Å²) in [5.41, 5.74) is 5.04. The van der Waals surface area contributed by atoms with E-state index in [0.717, 1.165) is 24.6 Å². The van der Waals surface area contributed by atoms with Gasteiger partial charge in [0, 0.05) is 11.7 Å². The number of hydrogen-bond acceptors (Lipinski definition) is 8. The predicted octanol–water partition coefficient (Wildman–Crippen LogP) is 1.77. The average molecular weight is 474 g/mol. The molecule has 10 nitrogen and oxygen atoms in total. The second-order valence-electron chi connectivity index (χ2n) is 8.12. The number of nitrogens with two attached hydrogens (primary N) is 1. The number of thioether (sulfide) groups is 1. The standard InChI is InChI=1S/C21H24FN7O3S/c1-11(27(2)3)18-25-26-21(29(18)14-6-4-12(22)5-7-14)33-10-15(30)16-17(23)28(13-8-9-13)20(32)24-19(16)31/h4-7,11,13H,8-10,23H2,1-3H3,(H,24,31,32)/t11-/m1/s1. The van der Waals surface area contributed by atoms with Crippen molar-refractivity contribution in [2.24, 2.45) is 0 Å². The number of nitrogens with one attached hydrogen (secondary N) is 1. The molecule has 1 saturated carbocycles. The van der Waals surface area contributed by atoms with Gasteiger partial charge >= 0.3 is 5.69 Å². The summed E-state index contributed by atoms with van der Waals surface area (Å²) >= 11 is 1.08. The van der Waals surface area contributed by atoms with Crippen LogP contribution in [-0.2, 0) is 0 Å². The largest absolute Gasteiger partial charge is 0.384 e. The van der Waals surface area contributed by atoms with Crippen molar-refractivity contribution in [1.82, 2.24) is 29.2 Å². The predicted molar refractivity (Wildman–Crippen MR) is 122 cm³/mol. The summed E-state index contributed by atoms with van der Waals surface area (Å²) in [7, 11) is 3.79. The lowest BCUT2D eigenvalue weighted by molar-refractivity contribution is 0.102. The van der Waals surface area contributed by atoms with E-state index in [9.17, 15) is 18.8 Å². The maximum absolute atomic E-state index is 13.5. The number of rotatable bonds is 8. The van der Waals surface area contributed by atoms with E-state index in [1.54, 1.807) is 16.7 Å². The molecule has 1 aromatic carbocycles. The van der Waals surface area contributed by atoms with E-state index in [4.69, 9.17) is 5.73 Å². The number of benzene rings is 1. The van der Waals surface area contributed by atoms with Crippen molar-refractivity contribution < 1.29 is 9.18 Å². The lowest BCUT2D eigenvalue weighted by Gasteiger charge is -2.20. The SMILES string of the molecule is C[C@H](c1nnc(SCC(=O)c2c(N)n(C3CC3)c(=O)[nH]c2=O)n1-c1ccc(F)cc1)N(C)C. The monoisotopic (exact) mass is 473 g/mol. The van der Waals surface area contributed by atoms with Crippen molar-refractivity contribution in [2.75, 3.05) is 25.6 Å². The summed E-state index contributed by atoms with van der Waals surface area (Å²) in [4.78, 5) is 41.5. The van der Waals surface area contributed by atoms with E-state index >= 15 is 0 Å². The van der Waals surface area contributed by atoms with Crippen molar-refractivity contribution in [3.63, 3.8) is 0 Å². The van der Waals surface area contributed by atoms with Gasteiger partial charge in [-0.2, -0.15) is 0 Å². The summed E-state index contributed by atoms with van der Waals surface area (Å²) in [5.74, 6) is -0.547. The molecule has 0 bridgehead atoms. The van der Waals surface area contributed by atoms with Crippen LogP contribution in [0, 0.1) is 5.82 Å². The van der Waals surface area contributed by atoms with Crippen LogP contribution in [0.25, 0.3) is 5.69 Å². The smallest absolute Gasteiger partial charge is 0.330 e. The van der Waals surface area contributed by atoms with Crippen molar-refractivity contribution in [1.29, 1.82) is 0 Å². The molecule has 4 rings (SSSR count). The molecule has 0 spiro atoms. The maximum atomic E-state index is 13.5. The zero-order valence-corrected chi connectivity index (χ0v) is 19.2. The molecule has 2 heterocycles. The zero-order valence-electron chi connectivity index (χ0n) is 18.4. The minimum Gasteiger partial charge on any atom is -0.384 e. The highest BCUT2D eigenvalue weighted by Crippen LogP contribution is 2.35. The fourth-order valence-corrected chi connectivity index (χ4v) is 4.27. The van der Waals surface area contributed by atoms with Crippen LogP contribution in [-0.4, -0.2) is 54.8 Å². The molecule has 3 N–H and O–H groups in total. The Kier molecular flexibility index (Phi) is 6.21. The van der Waals surface area contributed by atoms with Crippen molar-refractivity contribution >= 4 is 23.4 Å². The molecule has 1 fully saturated rings. The summed E-state index contributed by atoms with van der Waals surface area (Å²) in [6.45, 7) is 1.95. The number of halogens is 1. The highest BCUT2D eigenvalue weighted by molar-refractivity contribution is 7.99. The Morgan fingerprint density at radius 3 is 2.55 bits per heavy atom. The van der Waals surface area contributed by atoms with Crippen molar-refractivity contribution in [3.8, 4) is 5.69 Å². The lowest BCUT2D eigenvalue weighted by Crippen LogP contribution is -2.36. The number of carbonyl (C=O) groups is 1. The Balaban J connectivity index is 1.66. The summed E-state index contributed by atoms with van der Waals surface area (Å²) in [6, 6.07) is 5.66. The Hall–Kier alpha value is -3.25. The van der Waals surface area contributed by atoms with Gasteiger partial charge in [0.05, 0.1) is 11.8 Å². The van der Waals surface area contributed by atoms with Gasteiger partial charge in [0.25, 0.3) is 5.56 Å². The number of carbonyl (C=O) groups excluding carboxylic acids is 1. The molecule has 0 aliphatic heterocycles. The number of aromatic nitrogens is 5. The van der Waals surface area contributed by atoms with Gasteiger partial charge in [0.2, 0.25) is 0 Å². The molecule has 33 heavy (non-hydrogen) atoms. The van der Waals surface area contributed by atoms with Crippen LogP contribution >= 0.6 is 11.8 Å². The first-order valence-electron chi connectivity index (χ1n) is 10.4. The Morgan fingerprint density at radius 2 is 1.94 bits per heavy atom. The molecule has 1 atom stereocenters. The number of nitrogen functional groups attached to an aromatic ring is 1.